The summed E-state index contributed by atoms with van der Waals surface area (Å²) in [6.07, 6.45) is 1.42. The van der Waals surface area contributed by atoms with Crippen LogP contribution in [0.3, 0.4) is 0 Å². The number of ether oxygens (including phenoxy) is 1. The highest BCUT2D eigenvalue weighted by Crippen LogP contribution is 2.19. The molecule has 0 saturated carbocycles. The molecule has 5 nitrogen and oxygen atoms in total. The van der Waals surface area contributed by atoms with Gasteiger partial charge in [-0.25, -0.2) is 4.83 Å². The van der Waals surface area contributed by atoms with Crippen LogP contribution < -0.4 is 9.57 Å². The van der Waals surface area contributed by atoms with Crippen LogP contribution in [0.2, 0.25) is 5.02 Å². The number of sulfonamides is 1. The zero-order chi connectivity index (χ0) is 20.0. The Hall–Kier alpha value is -2.83. The summed E-state index contributed by atoms with van der Waals surface area (Å²) in [6.45, 7) is 2.23. The molecule has 144 valence electrons. The molecule has 3 rings (SSSR count). The van der Waals surface area contributed by atoms with Crippen LogP contribution >= 0.6 is 11.6 Å². The Kier molecular flexibility index (Phi) is 6.34. The molecule has 3 aromatic rings. The second-order valence-corrected chi connectivity index (χ2v) is 8.19. The molecule has 0 atom stereocenters. The maximum atomic E-state index is 12.2. The van der Waals surface area contributed by atoms with Gasteiger partial charge in [-0.1, -0.05) is 59.6 Å². The molecule has 3 aromatic carbocycles. The summed E-state index contributed by atoms with van der Waals surface area (Å²) in [4.78, 5) is 2.37. The lowest BCUT2D eigenvalue weighted by molar-refractivity contribution is 0.306. The number of benzene rings is 3. The first-order valence-corrected chi connectivity index (χ1v) is 10.4. The van der Waals surface area contributed by atoms with Crippen LogP contribution in [0.1, 0.15) is 16.7 Å². The number of nitrogens with one attached hydrogen (secondary N) is 1. The second-order valence-electron chi connectivity index (χ2n) is 6.12. The number of hydrogen-bond acceptors (Lipinski definition) is 4. The molecule has 0 unspecified atom stereocenters. The average molecular weight is 415 g/mol. The molecule has 0 aliphatic heterocycles. The smallest absolute Gasteiger partial charge is 0.276 e. The zero-order valence-corrected chi connectivity index (χ0v) is 16.7. The third kappa shape index (κ3) is 5.34. The van der Waals surface area contributed by atoms with Gasteiger partial charge < -0.3 is 4.74 Å². The Labute approximate surface area is 169 Å². The van der Waals surface area contributed by atoms with Gasteiger partial charge in [0.05, 0.1) is 11.1 Å². The SMILES string of the molecule is Cc1ccc(S(=O)(=O)NN=Cc2cccc(OCc3ccccc3Cl)c2)cc1. The Morgan fingerprint density at radius 1 is 1.04 bits per heavy atom. The van der Waals surface area contributed by atoms with E-state index in [1.54, 1.807) is 30.3 Å². The molecule has 0 saturated heterocycles. The summed E-state index contributed by atoms with van der Waals surface area (Å²) < 4.78 is 30.2. The lowest BCUT2D eigenvalue weighted by Crippen LogP contribution is -2.18. The van der Waals surface area contributed by atoms with Crippen LogP contribution in [-0.2, 0) is 16.6 Å². The van der Waals surface area contributed by atoms with Crippen LogP contribution in [0, 0.1) is 6.92 Å². The number of hydrazone groups is 1. The largest absolute Gasteiger partial charge is 0.489 e. The minimum absolute atomic E-state index is 0.159. The predicted octanol–water partition coefficient (Wildman–Crippen LogP) is 4.54. The van der Waals surface area contributed by atoms with Crippen molar-refractivity contribution in [2.45, 2.75) is 18.4 Å². The van der Waals surface area contributed by atoms with Gasteiger partial charge in [-0.3, -0.25) is 0 Å². The van der Waals surface area contributed by atoms with Crippen LogP contribution in [0.4, 0.5) is 0 Å². The highest BCUT2D eigenvalue weighted by Gasteiger charge is 2.11. The predicted molar refractivity (Wildman–Crippen MR) is 111 cm³/mol. The number of aryl methyl sites for hydroxylation is 1. The van der Waals surface area contributed by atoms with E-state index in [9.17, 15) is 8.42 Å². The van der Waals surface area contributed by atoms with Crippen LogP contribution in [-0.4, -0.2) is 14.6 Å². The van der Waals surface area contributed by atoms with E-state index in [4.69, 9.17) is 16.3 Å². The topological polar surface area (TPSA) is 67.8 Å². The van der Waals surface area contributed by atoms with Gasteiger partial charge in [-0.05, 0) is 42.8 Å². The first kappa shape index (κ1) is 19.9. The lowest BCUT2D eigenvalue weighted by atomic mass is 10.2. The van der Waals surface area contributed by atoms with Crippen molar-refractivity contribution in [1.29, 1.82) is 0 Å². The fourth-order valence-corrected chi connectivity index (χ4v) is 3.38. The molecule has 0 aliphatic carbocycles. The summed E-state index contributed by atoms with van der Waals surface area (Å²) in [5.74, 6) is 0.630. The summed E-state index contributed by atoms with van der Waals surface area (Å²) in [7, 11) is -3.70. The number of hydrogen-bond donors (Lipinski definition) is 1. The van der Waals surface area contributed by atoms with Gasteiger partial charge in [-0.2, -0.15) is 13.5 Å². The van der Waals surface area contributed by atoms with Crippen LogP contribution in [0.25, 0.3) is 0 Å². The number of halogens is 1. The fraction of sp³-hybridized carbons (Fsp3) is 0.0952. The molecule has 0 spiro atoms. The number of rotatable bonds is 7. The van der Waals surface area contributed by atoms with Crippen molar-refractivity contribution in [3.8, 4) is 5.75 Å². The van der Waals surface area contributed by atoms with Crippen molar-refractivity contribution in [3.05, 3.63) is 94.5 Å². The molecule has 28 heavy (non-hydrogen) atoms. The summed E-state index contributed by atoms with van der Waals surface area (Å²) in [5, 5.41) is 4.49. The minimum Gasteiger partial charge on any atom is -0.489 e. The van der Waals surface area contributed by atoms with Crippen molar-refractivity contribution in [1.82, 2.24) is 4.83 Å². The van der Waals surface area contributed by atoms with E-state index in [1.807, 2.05) is 37.3 Å². The van der Waals surface area contributed by atoms with Crippen molar-refractivity contribution in [2.75, 3.05) is 0 Å². The van der Waals surface area contributed by atoms with E-state index in [0.29, 0.717) is 22.9 Å². The van der Waals surface area contributed by atoms with E-state index in [1.165, 1.54) is 18.3 Å². The van der Waals surface area contributed by atoms with Crippen molar-refractivity contribution < 1.29 is 13.2 Å². The molecular weight excluding hydrogens is 396 g/mol. The normalized spacial score (nSPS) is 11.5. The Bertz CT molecular complexity index is 1080. The third-order valence-electron chi connectivity index (χ3n) is 3.93. The summed E-state index contributed by atoms with van der Waals surface area (Å²) in [5.41, 5.74) is 2.56. The molecule has 0 amide bonds. The highest BCUT2D eigenvalue weighted by atomic mass is 35.5. The van der Waals surface area contributed by atoms with Gasteiger partial charge >= 0.3 is 0 Å². The van der Waals surface area contributed by atoms with Gasteiger partial charge in [0.15, 0.2) is 0 Å². The van der Waals surface area contributed by atoms with E-state index in [-0.39, 0.29) is 4.90 Å². The molecule has 0 aromatic heterocycles. The van der Waals surface area contributed by atoms with E-state index < -0.39 is 10.0 Å². The van der Waals surface area contributed by atoms with Crippen molar-refractivity contribution in [2.24, 2.45) is 5.10 Å². The van der Waals surface area contributed by atoms with E-state index in [2.05, 4.69) is 9.93 Å². The first-order valence-electron chi connectivity index (χ1n) is 8.52. The summed E-state index contributed by atoms with van der Waals surface area (Å²) >= 11 is 6.13. The molecule has 0 fully saturated rings. The fourth-order valence-electron chi connectivity index (χ4n) is 2.40. The second kappa shape index (κ2) is 8.91. The average Bonchev–Trinajstić information content (AvgIpc) is 2.68. The molecule has 0 bridgehead atoms. The van der Waals surface area contributed by atoms with Gasteiger partial charge in [-0.15, -0.1) is 0 Å². The molecular formula is C21H19ClN2O3S. The van der Waals surface area contributed by atoms with Crippen molar-refractivity contribution >= 4 is 27.8 Å². The lowest BCUT2D eigenvalue weighted by Gasteiger charge is -2.08. The maximum absolute atomic E-state index is 12.2. The third-order valence-corrected chi connectivity index (χ3v) is 5.54. The Morgan fingerprint density at radius 3 is 2.54 bits per heavy atom. The standard InChI is InChI=1S/C21H19ClN2O3S/c1-16-9-11-20(12-10-16)28(25,26)24-23-14-17-5-4-7-19(13-17)27-15-18-6-2-3-8-21(18)22/h2-14,24H,15H2,1H3. The van der Waals surface area contributed by atoms with Gasteiger partial charge in [0.25, 0.3) is 10.0 Å². The van der Waals surface area contributed by atoms with E-state index in [0.717, 1.165) is 11.1 Å². The number of nitrogens with zero attached hydrogens (tertiary/aromatic N) is 1. The molecule has 7 heteroatoms. The van der Waals surface area contributed by atoms with Crippen LogP contribution in [0.5, 0.6) is 5.75 Å². The summed E-state index contributed by atoms with van der Waals surface area (Å²) in [6, 6.07) is 21.2. The minimum atomic E-state index is -3.70. The Morgan fingerprint density at radius 2 is 1.79 bits per heavy atom. The van der Waals surface area contributed by atoms with Gasteiger partial charge in [0.1, 0.15) is 12.4 Å². The molecule has 1 N–H and O–H groups in total. The zero-order valence-electron chi connectivity index (χ0n) is 15.2. The van der Waals surface area contributed by atoms with Gasteiger partial charge in [0.2, 0.25) is 0 Å². The quantitative estimate of drug-likeness (QED) is 0.456. The van der Waals surface area contributed by atoms with Gasteiger partial charge in [0, 0.05) is 10.6 Å². The van der Waals surface area contributed by atoms with Crippen LogP contribution in [0.15, 0.2) is 82.8 Å². The molecule has 0 radical (unpaired) electrons. The van der Waals surface area contributed by atoms with Crippen molar-refractivity contribution in [3.63, 3.8) is 0 Å². The maximum Gasteiger partial charge on any atom is 0.276 e. The highest BCUT2D eigenvalue weighted by molar-refractivity contribution is 7.89. The first-order chi connectivity index (χ1) is 13.4. The van der Waals surface area contributed by atoms with E-state index >= 15 is 0 Å². The monoisotopic (exact) mass is 414 g/mol. The molecule has 0 aliphatic rings. The Balaban J connectivity index is 1.64. The molecule has 0 heterocycles.